The Morgan fingerprint density at radius 2 is 2.21 bits per heavy atom. The maximum atomic E-state index is 11.0. The van der Waals surface area contributed by atoms with Crippen LogP contribution in [0.15, 0.2) is 18.2 Å². The molecule has 1 aromatic carbocycles. The summed E-state index contributed by atoms with van der Waals surface area (Å²) in [6, 6.07) is 3.51. The van der Waals surface area contributed by atoms with Crippen LogP contribution in [0.25, 0.3) is 0 Å². The normalized spacial score (nSPS) is 9.57. The molecular formula is C7H6ClN3O3. The predicted molar refractivity (Wildman–Crippen MR) is 49.8 cm³/mol. The van der Waals surface area contributed by atoms with Crippen LogP contribution in [0, 0.1) is 10.1 Å². The highest BCUT2D eigenvalue weighted by atomic mass is 35.5. The Morgan fingerprint density at radius 3 is 2.64 bits per heavy atom. The highest BCUT2D eigenvalue weighted by Gasteiger charge is 2.13. The first-order valence-corrected chi connectivity index (χ1v) is 3.89. The molecule has 1 aromatic rings. The maximum absolute atomic E-state index is 11.0. The number of nitrogens with zero attached hydrogens (tertiary/aromatic N) is 1. The van der Waals surface area contributed by atoms with Crippen LogP contribution in [0.5, 0.6) is 0 Å². The van der Waals surface area contributed by atoms with Gasteiger partial charge < -0.3 is 0 Å². The molecule has 0 aromatic heterocycles. The van der Waals surface area contributed by atoms with E-state index in [0.717, 1.165) is 6.07 Å². The van der Waals surface area contributed by atoms with Gasteiger partial charge in [0.15, 0.2) is 0 Å². The number of hydrogen-bond acceptors (Lipinski definition) is 4. The fourth-order valence-electron chi connectivity index (χ4n) is 0.879. The largest absolute Gasteiger partial charge is 0.290 e. The summed E-state index contributed by atoms with van der Waals surface area (Å²) in [6.45, 7) is 0. The van der Waals surface area contributed by atoms with Crippen molar-refractivity contribution >= 4 is 23.2 Å². The molecule has 0 heterocycles. The van der Waals surface area contributed by atoms with Gasteiger partial charge in [0.25, 0.3) is 11.6 Å². The van der Waals surface area contributed by atoms with Crippen molar-refractivity contribution in [2.24, 2.45) is 5.84 Å². The van der Waals surface area contributed by atoms with Gasteiger partial charge in [-0.1, -0.05) is 11.6 Å². The van der Waals surface area contributed by atoms with Crippen molar-refractivity contribution in [2.75, 3.05) is 0 Å². The third-order valence-electron chi connectivity index (χ3n) is 1.54. The van der Waals surface area contributed by atoms with E-state index in [9.17, 15) is 14.9 Å². The molecule has 0 saturated heterocycles. The molecule has 1 amide bonds. The minimum atomic E-state index is -0.601. The van der Waals surface area contributed by atoms with E-state index in [4.69, 9.17) is 17.4 Å². The summed E-state index contributed by atoms with van der Waals surface area (Å²) in [7, 11) is 0. The number of rotatable bonds is 2. The molecule has 0 saturated carbocycles. The predicted octanol–water partition coefficient (Wildman–Crippen LogP) is 0.852. The molecule has 0 aliphatic rings. The lowest BCUT2D eigenvalue weighted by atomic mass is 10.2. The Morgan fingerprint density at radius 1 is 1.57 bits per heavy atom. The highest BCUT2D eigenvalue weighted by Crippen LogP contribution is 2.21. The number of non-ortho nitro benzene ring substituents is 1. The zero-order valence-electron chi connectivity index (χ0n) is 6.86. The summed E-state index contributed by atoms with van der Waals surface area (Å²) < 4.78 is 0. The van der Waals surface area contributed by atoms with Crippen LogP contribution in [-0.4, -0.2) is 10.8 Å². The summed E-state index contributed by atoms with van der Waals surface area (Å²) in [5.74, 6) is 4.29. The molecule has 0 fully saturated rings. The number of hydrogen-bond donors (Lipinski definition) is 2. The van der Waals surface area contributed by atoms with Crippen molar-refractivity contribution in [1.29, 1.82) is 0 Å². The summed E-state index contributed by atoms with van der Waals surface area (Å²) in [5.41, 5.74) is 1.80. The summed E-state index contributed by atoms with van der Waals surface area (Å²) in [6.07, 6.45) is 0. The Hall–Kier alpha value is -1.66. The third kappa shape index (κ3) is 1.98. The molecular weight excluding hydrogens is 210 g/mol. The fraction of sp³-hybridized carbons (Fsp3) is 0. The van der Waals surface area contributed by atoms with E-state index in [1.165, 1.54) is 12.1 Å². The third-order valence-corrected chi connectivity index (χ3v) is 1.85. The second kappa shape index (κ2) is 4.03. The molecule has 14 heavy (non-hydrogen) atoms. The summed E-state index contributed by atoms with van der Waals surface area (Å²) >= 11 is 5.63. The van der Waals surface area contributed by atoms with E-state index in [2.05, 4.69) is 0 Å². The Balaban J connectivity index is 3.14. The number of carbonyl (C=O) groups excluding carboxylic acids is 1. The number of nitrogen functional groups attached to an aromatic ring is 1. The van der Waals surface area contributed by atoms with Gasteiger partial charge in [0.05, 0.1) is 15.5 Å². The number of nitrogens with one attached hydrogen (secondary N) is 1. The van der Waals surface area contributed by atoms with E-state index in [1.807, 2.05) is 5.43 Å². The van der Waals surface area contributed by atoms with Gasteiger partial charge in [-0.15, -0.1) is 0 Å². The van der Waals surface area contributed by atoms with Gasteiger partial charge in [0, 0.05) is 12.1 Å². The van der Waals surface area contributed by atoms with Crippen LogP contribution in [0.4, 0.5) is 5.69 Å². The topological polar surface area (TPSA) is 98.3 Å². The quantitative estimate of drug-likeness (QED) is 0.331. The number of carbonyl (C=O) groups is 1. The van der Waals surface area contributed by atoms with E-state index in [1.54, 1.807) is 0 Å². The molecule has 6 nitrogen and oxygen atoms in total. The molecule has 0 atom stereocenters. The molecule has 0 aliphatic carbocycles. The van der Waals surface area contributed by atoms with E-state index < -0.39 is 10.8 Å². The zero-order chi connectivity index (χ0) is 10.7. The smallest absolute Gasteiger partial charge is 0.270 e. The number of amides is 1. The summed E-state index contributed by atoms with van der Waals surface area (Å²) in [5, 5.41) is 10.3. The second-order valence-corrected chi connectivity index (χ2v) is 2.80. The first-order chi connectivity index (χ1) is 6.56. The first-order valence-electron chi connectivity index (χ1n) is 3.51. The number of hydrazine groups is 1. The highest BCUT2D eigenvalue weighted by molar-refractivity contribution is 6.34. The molecule has 0 aliphatic heterocycles. The second-order valence-electron chi connectivity index (χ2n) is 2.39. The van der Waals surface area contributed by atoms with Crippen LogP contribution >= 0.6 is 11.6 Å². The minimum absolute atomic E-state index is 0.0119. The van der Waals surface area contributed by atoms with Crippen LogP contribution < -0.4 is 11.3 Å². The average molecular weight is 216 g/mol. The molecule has 3 N–H and O–H groups in total. The molecule has 74 valence electrons. The van der Waals surface area contributed by atoms with Crippen molar-refractivity contribution in [3.63, 3.8) is 0 Å². The fourth-order valence-corrected chi connectivity index (χ4v) is 1.14. The van der Waals surface area contributed by atoms with Crippen molar-refractivity contribution < 1.29 is 9.72 Å². The monoisotopic (exact) mass is 215 g/mol. The van der Waals surface area contributed by atoms with Gasteiger partial charge in [-0.3, -0.25) is 20.3 Å². The molecule has 0 bridgehead atoms. The number of nitro benzene ring substituents is 1. The molecule has 0 unspecified atom stereocenters. The van der Waals surface area contributed by atoms with Gasteiger partial charge in [-0.25, -0.2) is 5.84 Å². The lowest BCUT2D eigenvalue weighted by molar-refractivity contribution is -0.384. The first kappa shape index (κ1) is 10.4. The zero-order valence-corrected chi connectivity index (χ0v) is 7.62. The minimum Gasteiger partial charge on any atom is -0.290 e. The van der Waals surface area contributed by atoms with Crippen molar-refractivity contribution in [3.05, 3.63) is 38.9 Å². The molecule has 0 spiro atoms. The van der Waals surface area contributed by atoms with Crippen LogP contribution in [0.3, 0.4) is 0 Å². The van der Waals surface area contributed by atoms with Crippen molar-refractivity contribution in [1.82, 2.24) is 5.43 Å². The van der Waals surface area contributed by atoms with Gasteiger partial charge >= 0.3 is 0 Å². The van der Waals surface area contributed by atoms with E-state index >= 15 is 0 Å². The molecule has 0 radical (unpaired) electrons. The molecule has 7 heteroatoms. The lowest BCUT2D eigenvalue weighted by Crippen LogP contribution is -2.30. The van der Waals surface area contributed by atoms with E-state index in [-0.39, 0.29) is 16.3 Å². The van der Waals surface area contributed by atoms with Gasteiger partial charge in [0.2, 0.25) is 0 Å². The standard InChI is InChI=1S/C7H6ClN3O3/c8-6-3-4(11(13)14)1-2-5(6)7(12)10-9/h1-3H,9H2,(H,10,12). The van der Waals surface area contributed by atoms with Gasteiger partial charge in [-0.2, -0.15) is 0 Å². The van der Waals surface area contributed by atoms with Crippen molar-refractivity contribution in [2.45, 2.75) is 0 Å². The number of benzene rings is 1. The Kier molecular flexibility index (Phi) is 3.00. The van der Waals surface area contributed by atoms with Crippen LogP contribution in [0.2, 0.25) is 5.02 Å². The van der Waals surface area contributed by atoms with Crippen LogP contribution in [-0.2, 0) is 0 Å². The average Bonchev–Trinajstić information content (AvgIpc) is 2.16. The number of nitrogens with two attached hydrogens (primary N) is 1. The SMILES string of the molecule is NNC(=O)c1ccc([N+](=O)[O-])cc1Cl. The Bertz CT molecular complexity index is 394. The van der Waals surface area contributed by atoms with Gasteiger partial charge in [-0.05, 0) is 6.07 Å². The Labute approximate surface area is 83.8 Å². The van der Waals surface area contributed by atoms with Crippen molar-refractivity contribution in [3.8, 4) is 0 Å². The lowest BCUT2D eigenvalue weighted by Gasteiger charge is -2.01. The summed E-state index contributed by atoms with van der Waals surface area (Å²) in [4.78, 5) is 20.7. The number of halogens is 1. The molecule has 1 rings (SSSR count). The van der Waals surface area contributed by atoms with Crippen LogP contribution in [0.1, 0.15) is 10.4 Å². The maximum Gasteiger partial charge on any atom is 0.270 e. The van der Waals surface area contributed by atoms with E-state index in [0.29, 0.717) is 0 Å². The number of nitro groups is 1. The van der Waals surface area contributed by atoms with Gasteiger partial charge in [0.1, 0.15) is 0 Å².